The molecule has 0 aliphatic carbocycles. The van der Waals surface area contributed by atoms with Gasteiger partial charge in [-0.15, -0.1) is 0 Å². The van der Waals surface area contributed by atoms with Crippen molar-refractivity contribution in [1.82, 2.24) is 0 Å². The van der Waals surface area contributed by atoms with Crippen LogP contribution in [0, 0.1) is 0 Å². The Morgan fingerprint density at radius 1 is 1.41 bits per heavy atom. The van der Waals surface area contributed by atoms with Gasteiger partial charge in [-0.25, -0.2) is 0 Å². The summed E-state index contributed by atoms with van der Waals surface area (Å²) in [7, 11) is 1.84. The number of hydrogen-bond donors (Lipinski definition) is 1. The number of benzene rings is 1. The van der Waals surface area contributed by atoms with Crippen LogP contribution in [0.2, 0.25) is 0 Å². The molecule has 1 aromatic carbocycles. The first kappa shape index (κ1) is 12.1. The first-order valence-corrected chi connectivity index (χ1v) is 6.02. The number of fused-ring (bicyclic) bond motifs is 1. The van der Waals surface area contributed by atoms with Gasteiger partial charge in [-0.3, -0.25) is 4.79 Å². The van der Waals surface area contributed by atoms with Crippen molar-refractivity contribution in [3.8, 4) is 0 Å². The minimum atomic E-state index is -0.422. The minimum Gasteiger partial charge on any atom is -0.330 e. The molecule has 2 rings (SSSR count). The first-order chi connectivity index (χ1) is 7.89. The third kappa shape index (κ3) is 1.65. The van der Waals surface area contributed by atoms with Gasteiger partial charge in [0.1, 0.15) is 0 Å². The second-order valence-electron chi connectivity index (χ2n) is 5.40. The molecule has 0 saturated carbocycles. The highest BCUT2D eigenvalue weighted by atomic mass is 16.2. The van der Waals surface area contributed by atoms with E-state index in [-0.39, 0.29) is 5.91 Å². The summed E-state index contributed by atoms with van der Waals surface area (Å²) in [6, 6.07) is 6.24. The summed E-state index contributed by atoms with van der Waals surface area (Å²) in [4.78, 5) is 13.9. The number of carbonyl (C=O) groups is 1. The Bertz CT molecular complexity index is 465. The Morgan fingerprint density at radius 3 is 2.65 bits per heavy atom. The van der Waals surface area contributed by atoms with Gasteiger partial charge in [-0.05, 0) is 43.5 Å². The Morgan fingerprint density at radius 2 is 2.06 bits per heavy atom. The zero-order valence-corrected chi connectivity index (χ0v) is 10.9. The number of likely N-dealkylation sites (N-methyl/N-ethyl adjacent to an activating group) is 1. The molecule has 1 unspecified atom stereocenters. The molecular weight excluding hydrogens is 212 g/mol. The summed E-state index contributed by atoms with van der Waals surface area (Å²) in [5.41, 5.74) is 8.62. The second-order valence-corrected chi connectivity index (χ2v) is 5.40. The molecule has 1 atom stereocenters. The van der Waals surface area contributed by atoms with Crippen LogP contribution in [0.1, 0.15) is 37.8 Å². The van der Waals surface area contributed by atoms with E-state index < -0.39 is 5.41 Å². The fraction of sp³-hybridized carbons (Fsp3) is 0.500. The van der Waals surface area contributed by atoms with Crippen LogP contribution >= 0.6 is 0 Å². The number of hydrogen-bond acceptors (Lipinski definition) is 2. The molecule has 0 aromatic heterocycles. The van der Waals surface area contributed by atoms with E-state index in [1.165, 1.54) is 5.56 Å². The normalized spacial score (nSPS) is 19.4. The van der Waals surface area contributed by atoms with E-state index in [1.54, 1.807) is 4.90 Å². The molecule has 1 aromatic rings. The molecule has 0 bridgehead atoms. The van der Waals surface area contributed by atoms with Crippen molar-refractivity contribution in [2.75, 3.05) is 18.5 Å². The number of carbonyl (C=O) groups excluding carboxylic acids is 1. The number of rotatable bonds is 2. The first-order valence-electron chi connectivity index (χ1n) is 6.02. The lowest BCUT2D eigenvalue weighted by atomic mass is 9.84. The molecule has 0 radical (unpaired) electrons. The lowest BCUT2D eigenvalue weighted by Crippen LogP contribution is -2.33. The summed E-state index contributed by atoms with van der Waals surface area (Å²) in [5.74, 6) is 0.488. The molecule has 0 spiro atoms. The lowest BCUT2D eigenvalue weighted by Gasteiger charge is -2.17. The quantitative estimate of drug-likeness (QED) is 0.847. The predicted octanol–water partition coefficient (Wildman–Crippen LogP) is 2.00. The Kier molecular flexibility index (Phi) is 2.74. The average molecular weight is 232 g/mol. The van der Waals surface area contributed by atoms with Gasteiger partial charge in [-0.1, -0.05) is 19.1 Å². The van der Waals surface area contributed by atoms with E-state index in [2.05, 4.69) is 19.1 Å². The van der Waals surface area contributed by atoms with Gasteiger partial charge in [0.25, 0.3) is 0 Å². The Hall–Kier alpha value is -1.35. The molecule has 1 aliphatic rings. The molecule has 92 valence electrons. The maximum Gasteiger partial charge on any atom is 0.236 e. The Labute approximate surface area is 103 Å². The third-order valence-corrected chi connectivity index (χ3v) is 3.82. The molecule has 1 heterocycles. The number of anilines is 1. The fourth-order valence-electron chi connectivity index (χ4n) is 2.43. The fourth-order valence-corrected chi connectivity index (χ4v) is 2.43. The molecule has 0 saturated heterocycles. The maximum atomic E-state index is 12.1. The minimum absolute atomic E-state index is 0.157. The van der Waals surface area contributed by atoms with Crippen LogP contribution in [-0.2, 0) is 10.2 Å². The summed E-state index contributed by atoms with van der Waals surface area (Å²) >= 11 is 0. The van der Waals surface area contributed by atoms with Gasteiger partial charge in [0.2, 0.25) is 5.91 Å². The van der Waals surface area contributed by atoms with Crippen molar-refractivity contribution in [2.24, 2.45) is 5.73 Å². The number of amides is 1. The summed E-state index contributed by atoms with van der Waals surface area (Å²) in [6.45, 7) is 6.70. The van der Waals surface area contributed by atoms with Crippen molar-refractivity contribution in [2.45, 2.75) is 32.1 Å². The molecule has 3 nitrogen and oxygen atoms in total. The average Bonchev–Trinajstić information content (AvgIpc) is 2.50. The van der Waals surface area contributed by atoms with Crippen LogP contribution in [0.4, 0.5) is 5.69 Å². The van der Waals surface area contributed by atoms with E-state index in [1.807, 2.05) is 27.0 Å². The highest BCUT2D eigenvalue weighted by molar-refractivity contribution is 6.07. The molecule has 17 heavy (non-hydrogen) atoms. The molecule has 2 N–H and O–H groups in total. The number of nitrogens with two attached hydrogens (primary N) is 1. The highest BCUT2D eigenvalue weighted by Gasteiger charge is 2.42. The van der Waals surface area contributed by atoms with Crippen LogP contribution in [0.5, 0.6) is 0 Å². The van der Waals surface area contributed by atoms with Gasteiger partial charge >= 0.3 is 0 Å². The lowest BCUT2D eigenvalue weighted by molar-refractivity contribution is -0.121. The van der Waals surface area contributed by atoms with Crippen molar-refractivity contribution in [3.05, 3.63) is 29.3 Å². The van der Waals surface area contributed by atoms with E-state index in [9.17, 15) is 4.79 Å². The summed E-state index contributed by atoms with van der Waals surface area (Å²) in [5, 5.41) is 0. The van der Waals surface area contributed by atoms with Crippen LogP contribution in [0.15, 0.2) is 18.2 Å². The zero-order valence-electron chi connectivity index (χ0n) is 10.9. The van der Waals surface area contributed by atoms with Crippen molar-refractivity contribution in [3.63, 3.8) is 0 Å². The van der Waals surface area contributed by atoms with Crippen LogP contribution in [0.3, 0.4) is 0 Å². The summed E-state index contributed by atoms with van der Waals surface area (Å²) in [6.07, 6.45) is 0. The van der Waals surface area contributed by atoms with Crippen LogP contribution in [0.25, 0.3) is 0 Å². The topological polar surface area (TPSA) is 46.3 Å². The van der Waals surface area contributed by atoms with Crippen molar-refractivity contribution in [1.29, 1.82) is 0 Å². The van der Waals surface area contributed by atoms with E-state index >= 15 is 0 Å². The van der Waals surface area contributed by atoms with E-state index in [0.29, 0.717) is 12.5 Å². The van der Waals surface area contributed by atoms with Crippen molar-refractivity contribution < 1.29 is 4.79 Å². The number of nitrogens with zero attached hydrogens (tertiary/aromatic N) is 1. The molecule has 3 heteroatoms. The predicted molar refractivity (Wildman–Crippen MR) is 70.3 cm³/mol. The third-order valence-electron chi connectivity index (χ3n) is 3.82. The van der Waals surface area contributed by atoms with Crippen LogP contribution < -0.4 is 10.6 Å². The summed E-state index contributed by atoms with van der Waals surface area (Å²) < 4.78 is 0. The Balaban J connectivity index is 2.54. The largest absolute Gasteiger partial charge is 0.330 e. The zero-order chi connectivity index (χ0) is 12.8. The SMILES string of the molecule is CC(CN)c1ccc2c(c1)C(C)(C)C(=O)N2C. The van der Waals surface area contributed by atoms with E-state index in [4.69, 9.17) is 5.73 Å². The standard InChI is InChI=1S/C14H20N2O/c1-9(8-15)10-5-6-12-11(7-10)14(2,3)13(17)16(12)4/h5-7,9H,8,15H2,1-4H3. The van der Waals surface area contributed by atoms with Crippen molar-refractivity contribution >= 4 is 11.6 Å². The smallest absolute Gasteiger partial charge is 0.236 e. The van der Waals surface area contributed by atoms with Gasteiger partial charge in [0, 0.05) is 12.7 Å². The van der Waals surface area contributed by atoms with Gasteiger partial charge in [0.15, 0.2) is 0 Å². The second kappa shape index (κ2) is 3.84. The highest BCUT2D eigenvalue weighted by Crippen LogP contribution is 2.41. The van der Waals surface area contributed by atoms with Crippen LogP contribution in [-0.4, -0.2) is 19.5 Å². The van der Waals surface area contributed by atoms with E-state index in [0.717, 1.165) is 11.3 Å². The molecule has 1 amide bonds. The van der Waals surface area contributed by atoms with Gasteiger partial charge < -0.3 is 10.6 Å². The monoisotopic (exact) mass is 232 g/mol. The van der Waals surface area contributed by atoms with Gasteiger partial charge in [-0.2, -0.15) is 0 Å². The maximum absolute atomic E-state index is 12.1. The molecule has 0 fully saturated rings. The van der Waals surface area contributed by atoms with Gasteiger partial charge in [0.05, 0.1) is 5.41 Å². The molecule has 1 aliphatic heterocycles. The molecular formula is C14H20N2O.